The Bertz CT molecular complexity index is 3640. The standard InChI is InChI=1S/C17H25FN4O4.C13H17ClFN3O3.2C12H17FN4O2.C9H15BrFNO2.C4H3ClN2O.C4H9NO.5CH4.2ClH.4H2S/c1-17(2,3)26-16(24)21-7-12(6-18)11-25-14-8-19-15(20-9-14)22-5-4-13(23)10-22;1-13(2,3)21-12(19)18-5-9(4-15)8-20-10-6-16-11(14)17-7-10;2*13-3-9(4-14)8-19-11-5-15-12(16-6-11)17-2-1-10(18)7-17;1-9(2,3)14-8(13)12-6-7(4-10)5-11;5-4-6-1-3(8)2-7-4;6-4-1-2-5-3-4;;;;;;;;;;;/h6,8-9,13,23H,4-5,7,10-11H2,1-3H3,(H,21,24);4,6-7H,5,8H2,1-3H3,(H,18,19);2*3,5-6,10,18H,1-2,4,7-8,14H2;5H,4,6H2,1-3H3,(H,12,13);1-2,8H;4-6H,1-3H2;5*1H4;2*1H;4*1H2/b;;9-3+;9-3-;;;;;;;;;;;;;;/t13-;;2*10-;;;4-;;;;;;;;;;;/m0.00..0.........../s1. The molecule has 716 valence electrons. The molecule has 0 aliphatic carbocycles. The largest absolute Gasteiger partial charge is 0.505 e. The van der Waals surface area contributed by atoms with Crippen LogP contribution in [0, 0.1) is 0 Å². The second-order valence-electron chi connectivity index (χ2n) is 27.5. The zero-order valence-electron chi connectivity index (χ0n) is 67.2. The van der Waals surface area contributed by atoms with Gasteiger partial charge in [-0.15, -0.1) is 24.8 Å². The number of β-amino-alcohol motifs (C(OH)–C–C–N with tert-alkyl or cyclic N) is 4. The van der Waals surface area contributed by atoms with E-state index in [9.17, 15) is 51.7 Å². The highest BCUT2D eigenvalue weighted by molar-refractivity contribution is 9.09. The number of nitrogens with zero attached hydrogens (tertiary/aromatic N) is 13. The molecule has 48 heteroatoms. The molecule has 0 bridgehead atoms. The molecule has 124 heavy (non-hydrogen) atoms. The Hall–Kier alpha value is -7.28. The molecule has 3 amide bonds. The molecule has 13 N–H and O–H groups in total. The quantitative estimate of drug-likeness (QED) is 0.0118. The van der Waals surface area contributed by atoms with Crippen LogP contribution < -0.4 is 66.4 Å². The molecular weight excluding hydrogens is 1860 g/mol. The number of ether oxygens (including phenoxy) is 7. The van der Waals surface area contributed by atoms with Crippen molar-refractivity contribution in [1.29, 1.82) is 0 Å². The van der Waals surface area contributed by atoms with Crippen LogP contribution >= 0.6 is 118 Å². The molecule has 4 atom stereocenters. The van der Waals surface area contributed by atoms with Gasteiger partial charge in [-0.25, -0.2) is 86.2 Å². The Morgan fingerprint density at radius 2 is 0.702 bits per heavy atom. The van der Waals surface area contributed by atoms with Gasteiger partial charge in [0.1, 0.15) is 43.2 Å². The molecule has 4 saturated heterocycles. The molecule has 0 saturated carbocycles. The Balaban J connectivity index is -0.000000180. The van der Waals surface area contributed by atoms with E-state index in [1.165, 1.54) is 62.0 Å². The van der Waals surface area contributed by atoms with Crippen LogP contribution in [0.25, 0.3) is 0 Å². The number of anilines is 3. The Morgan fingerprint density at radius 3 is 0.895 bits per heavy atom. The molecule has 9 heterocycles. The van der Waals surface area contributed by atoms with Gasteiger partial charge in [0, 0.05) is 106 Å². The van der Waals surface area contributed by atoms with Gasteiger partial charge in [-0.05, 0) is 123 Å². The summed E-state index contributed by atoms with van der Waals surface area (Å²) < 4.78 is 98.7. The van der Waals surface area contributed by atoms with Crippen LogP contribution in [0.4, 0.5) is 54.2 Å². The minimum Gasteiger partial charge on any atom is -0.505 e. The molecule has 5 aromatic rings. The van der Waals surface area contributed by atoms with Crippen LogP contribution in [0.15, 0.2) is 121 Å². The van der Waals surface area contributed by atoms with Crippen LogP contribution in [0.3, 0.4) is 0 Å². The topological polar surface area (TPSA) is 456 Å². The first-order valence-corrected chi connectivity index (χ1v) is 37.0. The fourth-order valence-corrected chi connectivity index (χ4v) is 9.08. The molecule has 0 radical (unpaired) electrons. The number of aliphatic hydroxyl groups excluding tert-OH is 4. The fourth-order valence-electron chi connectivity index (χ4n) is 8.56. The summed E-state index contributed by atoms with van der Waals surface area (Å²) in [7, 11) is 0. The molecule has 4 fully saturated rings. The number of nitrogens with one attached hydrogen (secondary N) is 4. The van der Waals surface area contributed by atoms with Crippen molar-refractivity contribution in [3.05, 3.63) is 132 Å². The average Bonchev–Trinajstić information content (AvgIpc) is 1.70. The maximum absolute atomic E-state index is 13.0. The third-order valence-corrected chi connectivity index (χ3v) is 15.3. The van der Waals surface area contributed by atoms with E-state index in [2.05, 4.69) is 87.0 Å². The van der Waals surface area contributed by atoms with E-state index in [1.807, 2.05) is 14.7 Å². The van der Waals surface area contributed by atoms with Crippen LogP contribution in [0.2, 0.25) is 10.6 Å². The third-order valence-electron chi connectivity index (χ3n) is 14.2. The van der Waals surface area contributed by atoms with Crippen LogP contribution in [-0.2, 0) is 14.2 Å². The van der Waals surface area contributed by atoms with Gasteiger partial charge in [-0.1, -0.05) is 53.1 Å². The summed E-state index contributed by atoms with van der Waals surface area (Å²) in [4.78, 5) is 79.2. The summed E-state index contributed by atoms with van der Waals surface area (Å²) in [5.74, 6) is 3.29. The molecule has 0 aromatic carbocycles. The van der Waals surface area contributed by atoms with Crippen molar-refractivity contribution < 1.29 is 95.0 Å². The Labute approximate surface area is 785 Å². The van der Waals surface area contributed by atoms with Gasteiger partial charge < -0.3 is 106 Å². The predicted molar refractivity (Wildman–Crippen MR) is 506 cm³/mol. The van der Waals surface area contributed by atoms with Crippen LogP contribution in [0.1, 0.15) is 125 Å². The van der Waals surface area contributed by atoms with Gasteiger partial charge in [0.25, 0.3) is 0 Å². The molecule has 9 rings (SSSR count). The lowest BCUT2D eigenvalue weighted by atomic mass is 10.2. The number of hydrogen-bond acceptors (Lipinski definition) is 31. The molecule has 4 aliphatic heterocycles. The number of alkyl halides is 1. The second kappa shape index (κ2) is 73.7. The number of aliphatic hydroxyl groups is 4. The highest BCUT2D eigenvalue weighted by Crippen LogP contribution is 2.22. The minimum atomic E-state index is -0.628. The first-order valence-electron chi connectivity index (χ1n) is 35.2. The minimum absolute atomic E-state index is 0. The normalized spacial score (nSPS) is 15.5. The number of halogens is 10. The van der Waals surface area contributed by atoms with Crippen molar-refractivity contribution in [2.45, 2.75) is 166 Å². The number of aromatic hydroxyl groups is 1. The molecule has 0 unspecified atom stereocenters. The summed E-state index contributed by atoms with van der Waals surface area (Å²) in [5.41, 5.74) is 10.5. The summed E-state index contributed by atoms with van der Waals surface area (Å²) in [5, 5.41) is 56.6. The molecule has 5 aromatic heterocycles. The summed E-state index contributed by atoms with van der Waals surface area (Å²) in [6, 6.07) is 0. The van der Waals surface area contributed by atoms with E-state index < -0.39 is 35.1 Å². The molecule has 4 aliphatic rings. The number of carbonyl (C=O) groups excluding carboxylic acids is 3. The van der Waals surface area contributed by atoms with Gasteiger partial charge >= 0.3 is 18.3 Å². The van der Waals surface area contributed by atoms with Gasteiger partial charge in [-0.2, -0.15) is 54.0 Å². The SMILES string of the molecule is C.C.C.C.C.CC(C)(C)OC(=O)NCC(=CF)CBr.CC(C)(C)OC(=O)NCC(=CF)COc1cnc(Cl)nc1.CC(C)(C)OC(=O)NCC(=CF)COc1cnc(N2CC[C@H](O)C2)nc1.Cl.Cl.NC/C(=C/F)COc1cnc(N2CC[C@H](O)C2)nc1.NC/C(=C\F)COc1cnc(N2CC[C@H](O)C2)nc1.O[C@H]1CCNC1.Oc1cnc(Cl)nc1.S.S.S.S. The van der Waals surface area contributed by atoms with E-state index in [4.69, 9.17) is 78.0 Å². The molecule has 34 nitrogen and oxygen atoms in total. The molecule has 0 spiro atoms. The summed E-state index contributed by atoms with van der Waals surface area (Å²) in [6.45, 7) is 21.7. The number of alkyl carbamates (subject to hydrolysis) is 3. The number of aromatic nitrogens is 10. The first-order chi connectivity index (χ1) is 53.6. The van der Waals surface area contributed by atoms with E-state index in [1.54, 1.807) is 62.3 Å². The average molecular weight is 2000 g/mol. The predicted octanol–water partition coefficient (Wildman–Crippen LogP) is 12.6. The van der Waals surface area contributed by atoms with Gasteiger partial charge in [0.2, 0.25) is 28.4 Å². The number of amides is 3. The molecular formula is C76H133BrCl4F5N19O15S4. The fraction of sp³-hybridized carbons (Fsp3) is 0.566. The van der Waals surface area contributed by atoms with Gasteiger partial charge in [0.05, 0.1) is 118 Å². The van der Waals surface area contributed by atoms with Crippen molar-refractivity contribution >= 4 is 154 Å². The second-order valence-corrected chi connectivity index (χ2v) is 28.7. The first kappa shape index (κ1) is 135. The lowest BCUT2D eigenvalue weighted by molar-refractivity contribution is 0.0520. The van der Waals surface area contributed by atoms with Gasteiger partial charge in [-0.3, -0.25) is 0 Å². The highest BCUT2D eigenvalue weighted by atomic mass is 79.9. The number of nitrogens with two attached hydrogens (primary N) is 2. The lowest BCUT2D eigenvalue weighted by Gasteiger charge is -2.20. The highest BCUT2D eigenvalue weighted by Gasteiger charge is 2.26. The Morgan fingerprint density at radius 1 is 0.452 bits per heavy atom. The van der Waals surface area contributed by atoms with Crippen LogP contribution in [-0.4, -0.2) is 252 Å². The van der Waals surface area contributed by atoms with Crippen molar-refractivity contribution in [2.75, 3.05) is 132 Å². The maximum Gasteiger partial charge on any atom is 0.407 e. The van der Waals surface area contributed by atoms with Crippen molar-refractivity contribution in [3.63, 3.8) is 0 Å². The zero-order chi connectivity index (χ0) is 83.9. The lowest BCUT2D eigenvalue weighted by Crippen LogP contribution is -2.34. The van der Waals surface area contributed by atoms with Crippen molar-refractivity contribution in [3.8, 4) is 28.7 Å². The van der Waals surface area contributed by atoms with Crippen molar-refractivity contribution in [1.82, 2.24) is 71.1 Å². The summed E-state index contributed by atoms with van der Waals surface area (Å²) >= 11 is 13.9. The number of rotatable bonds is 24. The van der Waals surface area contributed by atoms with Crippen LogP contribution in [0.5, 0.6) is 28.7 Å². The number of hydrogen-bond donors (Lipinski definition) is 11. The van der Waals surface area contributed by atoms with Gasteiger partial charge in [0.15, 0.2) is 28.7 Å². The van der Waals surface area contributed by atoms with E-state index in [0.717, 1.165) is 45.4 Å². The monoisotopic (exact) mass is 1990 g/mol. The Kier molecular flexibility index (Phi) is 80.1. The summed E-state index contributed by atoms with van der Waals surface area (Å²) in [6.07, 6.45) is 16.6. The van der Waals surface area contributed by atoms with E-state index >= 15 is 0 Å². The van der Waals surface area contributed by atoms with Crippen molar-refractivity contribution in [2.24, 2.45) is 11.5 Å². The smallest absolute Gasteiger partial charge is 0.407 e. The maximum atomic E-state index is 13.0. The third kappa shape index (κ3) is 62.0. The number of carbonyl (C=O) groups is 3. The zero-order valence-corrected chi connectivity index (χ0v) is 75.9. The van der Waals surface area contributed by atoms with E-state index in [-0.39, 0.29) is 227 Å². The van der Waals surface area contributed by atoms with E-state index in [0.29, 0.717) is 127 Å².